The molecule has 2 aromatic carbocycles. The van der Waals surface area contributed by atoms with Gasteiger partial charge < -0.3 is 10.1 Å². The zero-order valence-electron chi connectivity index (χ0n) is 15.5. The number of hydrogen-bond donors (Lipinski definition) is 1. The van der Waals surface area contributed by atoms with Gasteiger partial charge in [-0.3, -0.25) is 4.79 Å². The summed E-state index contributed by atoms with van der Waals surface area (Å²) in [5.74, 6) is 2.27. The molecular weight excluding hydrogens is 310 g/mol. The first-order valence-corrected chi connectivity index (χ1v) is 9.05. The second-order valence-corrected chi connectivity index (χ2v) is 6.65. The van der Waals surface area contributed by atoms with Gasteiger partial charge in [0, 0.05) is 7.05 Å². The predicted octanol–water partition coefficient (Wildman–Crippen LogP) is 5.04. The first-order chi connectivity index (χ1) is 12.2. The van der Waals surface area contributed by atoms with Crippen LogP contribution in [0.3, 0.4) is 0 Å². The van der Waals surface area contributed by atoms with Crippen LogP contribution in [-0.4, -0.2) is 20.1 Å². The Bertz CT molecular complexity index is 646. The lowest BCUT2D eigenvalue weighted by Gasteiger charge is -2.26. The molecule has 0 atom stereocenters. The Kier molecular flexibility index (Phi) is 7.52. The highest BCUT2D eigenvalue weighted by Gasteiger charge is 2.18. The van der Waals surface area contributed by atoms with Crippen molar-refractivity contribution in [2.75, 3.05) is 14.2 Å². The fourth-order valence-corrected chi connectivity index (χ4v) is 3.29. The molecule has 0 aromatic heterocycles. The van der Waals surface area contributed by atoms with E-state index >= 15 is 0 Å². The van der Waals surface area contributed by atoms with Gasteiger partial charge in [-0.1, -0.05) is 62.2 Å². The molecule has 1 saturated carbocycles. The summed E-state index contributed by atoms with van der Waals surface area (Å²) in [6.07, 6.45) is 5.62. The summed E-state index contributed by atoms with van der Waals surface area (Å²) in [7, 11) is 3.14. The number of carbonyl (C=O) groups is 1. The standard InChI is InChI=1S/C13H18.C9H11NO2/c1-11-7-9-13(10-8-11)12-5-3-2-4-6-12;1-10-9(11)7-5-3-4-6-8(7)12-2/h2-6,11,13H,7-10H2,1H3;3-6H,1-2H3,(H,10,11). The number of amides is 1. The second-order valence-electron chi connectivity index (χ2n) is 6.65. The third-order valence-electron chi connectivity index (χ3n) is 4.87. The number of carbonyl (C=O) groups excluding carboxylic acids is 1. The molecule has 1 N–H and O–H groups in total. The number of nitrogens with one attached hydrogen (secondary N) is 1. The van der Waals surface area contributed by atoms with Crippen molar-refractivity contribution in [3.63, 3.8) is 0 Å². The van der Waals surface area contributed by atoms with Crippen molar-refractivity contribution < 1.29 is 9.53 Å². The van der Waals surface area contributed by atoms with Crippen molar-refractivity contribution in [3.8, 4) is 5.75 Å². The van der Waals surface area contributed by atoms with Gasteiger partial charge in [-0.2, -0.15) is 0 Å². The summed E-state index contributed by atoms with van der Waals surface area (Å²) in [5.41, 5.74) is 2.11. The Labute approximate surface area is 151 Å². The summed E-state index contributed by atoms with van der Waals surface area (Å²) >= 11 is 0. The average Bonchev–Trinajstić information content (AvgIpc) is 2.69. The van der Waals surface area contributed by atoms with E-state index in [1.807, 2.05) is 6.07 Å². The number of methoxy groups -OCH3 is 1. The van der Waals surface area contributed by atoms with Gasteiger partial charge in [0.25, 0.3) is 5.91 Å². The highest BCUT2D eigenvalue weighted by atomic mass is 16.5. The Balaban J connectivity index is 0.000000181. The maximum atomic E-state index is 11.2. The van der Waals surface area contributed by atoms with E-state index in [1.54, 1.807) is 37.9 Å². The maximum Gasteiger partial charge on any atom is 0.254 e. The summed E-state index contributed by atoms with van der Waals surface area (Å²) in [6, 6.07) is 18.1. The molecule has 3 nitrogen and oxygen atoms in total. The molecule has 0 unspecified atom stereocenters. The van der Waals surface area contributed by atoms with Crippen LogP contribution < -0.4 is 10.1 Å². The fraction of sp³-hybridized carbons (Fsp3) is 0.409. The van der Waals surface area contributed by atoms with Crippen LogP contribution in [-0.2, 0) is 0 Å². The quantitative estimate of drug-likeness (QED) is 0.851. The van der Waals surface area contributed by atoms with E-state index in [-0.39, 0.29) is 5.91 Å². The minimum atomic E-state index is -0.132. The lowest BCUT2D eigenvalue weighted by molar-refractivity contribution is 0.0960. The molecule has 0 heterocycles. The molecule has 0 bridgehead atoms. The van der Waals surface area contributed by atoms with Crippen LogP contribution in [0.1, 0.15) is 54.4 Å². The monoisotopic (exact) mass is 339 g/mol. The zero-order valence-corrected chi connectivity index (χ0v) is 15.5. The molecule has 0 aliphatic heterocycles. The van der Waals surface area contributed by atoms with Gasteiger partial charge in [-0.15, -0.1) is 0 Å². The van der Waals surface area contributed by atoms with E-state index in [2.05, 4.69) is 42.6 Å². The maximum absolute atomic E-state index is 11.2. The smallest absolute Gasteiger partial charge is 0.254 e. The molecule has 0 saturated heterocycles. The highest BCUT2D eigenvalue weighted by molar-refractivity contribution is 5.96. The van der Waals surface area contributed by atoms with Gasteiger partial charge in [-0.25, -0.2) is 0 Å². The fourth-order valence-electron chi connectivity index (χ4n) is 3.29. The van der Waals surface area contributed by atoms with E-state index in [0.717, 1.165) is 11.8 Å². The number of benzene rings is 2. The largest absolute Gasteiger partial charge is 0.496 e. The molecule has 3 rings (SSSR count). The molecule has 0 radical (unpaired) electrons. The minimum Gasteiger partial charge on any atom is -0.496 e. The first kappa shape index (κ1) is 19.0. The second kappa shape index (κ2) is 9.87. The van der Waals surface area contributed by atoms with E-state index in [4.69, 9.17) is 4.74 Å². The summed E-state index contributed by atoms with van der Waals surface area (Å²) in [6.45, 7) is 2.38. The third-order valence-corrected chi connectivity index (χ3v) is 4.87. The Hall–Kier alpha value is -2.29. The van der Waals surface area contributed by atoms with Crippen LogP contribution in [0.25, 0.3) is 0 Å². The average molecular weight is 339 g/mol. The van der Waals surface area contributed by atoms with Crippen LogP contribution in [0.5, 0.6) is 5.75 Å². The molecular formula is C22H29NO2. The molecule has 134 valence electrons. The van der Waals surface area contributed by atoms with Gasteiger partial charge in [-0.05, 0) is 42.4 Å². The summed E-state index contributed by atoms with van der Waals surface area (Å²) in [4.78, 5) is 11.2. The van der Waals surface area contributed by atoms with Crippen molar-refractivity contribution in [3.05, 3.63) is 65.7 Å². The lowest BCUT2D eigenvalue weighted by atomic mass is 9.79. The number of para-hydroxylation sites is 1. The molecule has 1 amide bonds. The van der Waals surface area contributed by atoms with Crippen molar-refractivity contribution in [2.24, 2.45) is 5.92 Å². The molecule has 0 spiro atoms. The first-order valence-electron chi connectivity index (χ1n) is 9.05. The van der Waals surface area contributed by atoms with Crippen molar-refractivity contribution in [1.82, 2.24) is 5.32 Å². The van der Waals surface area contributed by atoms with E-state index in [0.29, 0.717) is 11.3 Å². The number of ether oxygens (including phenoxy) is 1. The van der Waals surface area contributed by atoms with Crippen molar-refractivity contribution in [1.29, 1.82) is 0 Å². The van der Waals surface area contributed by atoms with E-state index < -0.39 is 0 Å². The Morgan fingerprint density at radius 2 is 1.56 bits per heavy atom. The SMILES string of the molecule is CC1CCC(c2ccccc2)CC1.CNC(=O)c1ccccc1OC. The number of rotatable bonds is 3. The molecule has 3 heteroatoms. The van der Waals surface area contributed by atoms with Gasteiger partial charge in [0.05, 0.1) is 12.7 Å². The molecule has 1 fully saturated rings. The number of hydrogen-bond acceptors (Lipinski definition) is 2. The Morgan fingerprint density at radius 3 is 2.16 bits per heavy atom. The van der Waals surface area contributed by atoms with Crippen molar-refractivity contribution in [2.45, 2.75) is 38.5 Å². The predicted molar refractivity (Wildman–Crippen MR) is 103 cm³/mol. The molecule has 1 aliphatic rings. The van der Waals surface area contributed by atoms with Gasteiger partial charge in [0.1, 0.15) is 5.75 Å². The Morgan fingerprint density at radius 1 is 0.960 bits per heavy atom. The van der Waals surface area contributed by atoms with E-state index in [9.17, 15) is 4.79 Å². The topological polar surface area (TPSA) is 38.3 Å². The molecule has 25 heavy (non-hydrogen) atoms. The van der Waals surface area contributed by atoms with Gasteiger partial charge >= 0.3 is 0 Å². The highest BCUT2D eigenvalue weighted by Crippen LogP contribution is 2.35. The van der Waals surface area contributed by atoms with Crippen LogP contribution in [0, 0.1) is 5.92 Å². The third kappa shape index (κ3) is 5.63. The molecule has 1 aliphatic carbocycles. The van der Waals surface area contributed by atoms with Crippen LogP contribution >= 0.6 is 0 Å². The van der Waals surface area contributed by atoms with Gasteiger partial charge in [0.2, 0.25) is 0 Å². The summed E-state index contributed by atoms with van der Waals surface area (Å²) < 4.78 is 5.01. The summed E-state index contributed by atoms with van der Waals surface area (Å²) in [5, 5.41) is 2.54. The van der Waals surface area contributed by atoms with Crippen LogP contribution in [0.15, 0.2) is 54.6 Å². The van der Waals surface area contributed by atoms with Crippen molar-refractivity contribution >= 4 is 5.91 Å². The van der Waals surface area contributed by atoms with Gasteiger partial charge in [0.15, 0.2) is 0 Å². The van der Waals surface area contributed by atoms with Crippen LogP contribution in [0.4, 0.5) is 0 Å². The van der Waals surface area contributed by atoms with E-state index in [1.165, 1.54) is 25.7 Å². The zero-order chi connectivity index (χ0) is 18.1. The van der Waals surface area contributed by atoms with Crippen LogP contribution in [0.2, 0.25) is 0 Å². The normalized spacial score (nSPS) is 19.3. The minimum absolute atomic E-state index is 0.132. The lowest BCUT2D eigenvalue weighted by Crippen LogP contribution is -2.18. The molecule has 2 aromatic rings.